The minimum absolute atomic E-state index is 0.0763. The third-order valence-corrected chi connectivity index (χ3v) is 10.5. The number of halogens is 3. The maximum Gasteiger partial charge on any atom is 0.341 e. The molecule has 0 unspecified atom stereocenters. The Kier molecular flexibility index (Phi) is 5.32. The number of ketones is 1. The van der Waals surface area contributed by atoms with Crippen LogP contribution in [0.15, 0.2) is 48.1 Å². The zero-order valence-electron chi connectivity index (χ0n) is 20.9. The zero-order valence-corrected chi connectivity index (χ0v) is 21.7. The highest BCUT2D eigenvalue weighted by Crippen LogP contribution is 2.72. The van der Waals surface area contributed by atoms with Crippen LogP contribution in [0.2, 0.25) is 5.02 Å². The van der Waals surface area contributed by atoms with Gasteiger partial charge in [-0.2, -0.15) is 0 Å². The van der Waals surface area contributed by atoms with Crippen LogP contribution in [-0.2, 0) is 19.2 Å². The Balaban J connectivity index is 1.44. The van der Waals surface area contributed by atoms with E-state index in [1.54, 1.807) is 36.3 Å². The number of benzene rings is 1. The third-order valence-electron chi connectivity index (χ3n) is 10.2. The van der Waals surface area contributed by atoms with E-state index >= 15 is 8.78 Å². The van der Waals surface area contributed by atoms with Gasteiger partial charge >= 0.3 is 5.97 Å². The van der Waals surface area contributed by atoms with Crippen LogP contribution in [0.25, 0.3) is 0 Å². The molecule has 4 fully saturated rings. The van der Waals surface area contributed by atoms with Gasteiger partial charge in [-0.3, -0.25) is 14.7 Å². The van der Waals surface area contributed by atoms with E-state index in [0.717, 1.165) is 0 Å². The summed E-state index contributed by atoms with van der Waals surface area (Å²) in [5.74, 6) is -2.69. The first-order valence-corrected chi connectivity index (χ1v) is 13.1. The molecule has 0 radical (unpaired) electrons. The van der Waals surface area contributed by atoms with E-state index in [0.29, 0.717) is 23.7 Å². The van der Waals surface area contributed by atoms with E-state index in [4.69, 9.17) is 21.2 Å². The monoisotopic (exact) mass is 533 g/mol. The molecule has 198 valence electrons. The number of rotatable bonds is 2. The number of aliphatic hydroxyl groups is 1. The van der Waals surface area contributed by atoms with Crippen molar-refractivity contribution in [3.05, 3.63) is 53.1 Å². The largest absolute Gasteiger partial charge is 0.467 e. The summed E-state index contributed by atoms with van der Waals surface area (Å²) in [6, 6.07) is 7.03. The summed E-state index contributed by atoms with van der Waals surface area (Å²) >= 11 is 6.05. The van der Waals surface area contributed by atoms with Crippen LogP contribution >= 0.6 is 11.6 Å². The topological polar surface area (TPSA) is 76.1 Å². The van der Waals surface area contributed by atoms with Crippen molar-refractivity contribution in [2.45, 2.75) is 56.7 Å². The number of hydroxylamine groups is 1. The maximum atomic E-state index is 17.4. The molecule has 1 aliphatic heterocycles. The molecule has 1 saturated heterocycles. The minimum Gasteiger partial charge on any atom is -0.467 e. The number of ether oxygens (including phenoxy) is 1. The van der Waals surface area contributed by atoms with Gasteiger partial charge in [-0.05, 0) is 74.1 Å². The second kappa shape index (κ2) is 7.87. The molecule has 37 heavy (non-hydrogen) atoms. The van der Waals surface area contributed by atoms with Crippen LogP contribution < -0.4 is 5.06 Å². The molecule has 6 nitrogen and oxygen atoms in total. The van der Waals surface area contributed by atoms with Gasteiger partial charge in [-0.1, -0.05) is 24.6 Å². The van der Waals surface area contributed by atoms with Gasteiger partial charge in [0.15, 0.2) is 11.5 Å². The molecule has 4 aliphatic carbocycles. The number of esters is 1. The Morgan fingerprint density at radius 2 is 1.92 bits per heavy atom. The molecule has 6 rings (SSSR count). The average Bonchev–Trinajstić information content (AvgIpc) is 3.36. The zero-order chi connectivity index (χ0) is 26.5. The van der Waals surface area contributed by atoms with Crippen LogP contribution in [0.3, 0.4) is 0 Å². The molecule has 0 bridgehead atoms. The van der Waals surface area contributed by atoms with Crippen molar-refractivity contribution in [3.8, 4) is 0 Å². The predicted molar refractivity (Wildman–Crippen MR) is 132 cm³/mol. The Bertz CT molecular complexity index is 1240. The molecule has 0 amide bonds. The summed E-state index contributed by atoms with van der Waals surface area (Å²) in [6.45, 7) is 3.75. The van der Waals surface area contributed by atoms with Crippen LogP contribution in [-0.4, -0.2) is 54.1 Å². The summed E-state index contributed by atoms with van der Waals surface area (Å²) in [4.78, 5) is 32.1. The number of anilines is 1. The number of carbonyl (C=O) groups excluding carboxylic acids is 2. The number of allylic oxidation sites excluding steroid dienone is 4. The Labute approximate surface area is 219 Å². The molecule has 1 N–H and O–H groups in total. The van der Waals surface area contributed by atoms with Gasteiger partial charge < -0.3 is 9.84 Å². The highest BCUT2D eigenvalue weighted by Gasteiger charge is 2.80. The second-order valence-corrected chi connectivity index (χ2v) is 12.1. The molecule has 0 aromatic heterocycles. The van der Waals surface area contributed by atoms with Gasteiger partial charge in [-0.25, -0.2) is 13.6 Å². The first kappa shape index (κ1) is 25.0. The second-order valence-electron chi connectivity index (χ2n) is 11.6. The number of hydrogen-bond donors (Lipinski definition) is 1. The summed E-state index contributed by atoms with van der Waals surface area (Å²) in [7, 11) is 1.29. The molecule has 9 heteroatoms. The number of alkyl halides is 2. The fourth-order valence-electron chi connectivity index (χ4n) is 8.50. The summed E-state index contributed by atoms with van der Waals surface area (Å²) in [6.07, 6.45) is 0.938. The van der Waals surface area contributed by atoms with Gasteiger partial charge in [0.2, 0.25) is 5.60 Å². The molecule has 5 aliphatic rings. The Morgan fingerprint density at radius 3 is 2.59 bits per heavy atom. The lowest BCUT2D eigenvalue weighted by atomic mass is 9.44. The Hall–Kier alpha value is -2.29. The normalized spacial score (nSPS) is 46.0. The average molecular weight is 534 g/mol. The smallest absolute Gasteiger partial charge is 0.341 e. The third kappa shape index (κ3) is 2.92. The molecule has 3 saturated carbocycles. The van der Waals surface area contributed by atoms with Crippen LogP contribution in [0, 0.1) is 28.6 Å². The first-order chi connectivity index (χ1) is 17.4. The molecule has 0 spiro atoms. The van der Waals surface area contributed by atoms with E-state index in [1.165, 1.54) is 25.3 Å². The van der Waals surface area contributed by atoms with E-state index < -0.39 is 52.2 Å². The van der Waals surface area contributed by atoms with Gasteiger partial charge in [0.1, 0.15) is 6.17 Å². The van der Waals surface area contributed by atoms with Crippen LogP contribution in [0.4, 0.5) is 14.5 Å². The number of carbonyl (C=O) groups is 2. The highest BCUT2D eigenvalue weighted by molar-refractivity contribution is 6.30. The van der Waals surface area contributed by atoms with Gasteiger partial charge in [0.25, 0.3) is 0 Å². The van der Waals surface area contributed by atoms with Crippen molar-refractivity contribution in [2.75, 3.05) is 18.7 Å². The number of methoxy groups -OCH3 is 1. The predicted octanol–water partition coefficient (Wildman–Crippen LogP) is 4.55. The molecule has 9 atom stereocenters. The van der Waals surface area contributed by atoms with E-state index in [-0.39, 0.29) is 30.1 Å². The van der Waals surface area contributed by atoms with Crippen molar-refractivity contribution in [3.63, 3.8) is 0 Å². The van der Waals surface area contributed by atoms with Crippen LogP contribution in [0.1, 0.15) is 33.1 Å². The lowest BCUT2D eigenvalue weighted by Crippen LogP contribution is -2.70. The fourth-order valence-corrected chi connectivity index (χ4v) is 8.63. The SMILES string of the molecule is COC(=O)[C@@]12ON(c3ccc(Cl)cc3)C[C@@H]1C[C@H]1[C@@H]3C[C@H](F)C4=CC(=O)C=C[C@]4(C)[C@@]3(F)[C@@H](O)C[C@@]12C. The molecular weight excluding hydrogens is 504 g/mol. The first-order valence-electron chi connectivity index (χ1n) is 12.7. The van der Waals surface area contributed by atoms with Crippen molar-refractivity contribution < 1.29 is 33.1 Å². The quantitative estimate of drug-likeness (QED) is 0.562. The van der Waals surface area contributed by atoms with E-state index in [9.17, 15) is 14.7 Å². The summed E-state index contributed by atoms with van der Waals surface area (Å²) in [5.41, 5.74) is -5.41. The molecule has 1 aromatic rings. The van der Waals surface area contributed by atoms with Gasteiger partial charge in [0.05, 0.1) is 25.4 Å². The molecule has 1 heterocycles. The van der Waals surface area contributed by atoms with Crippen molar-refractivity contribution in [2.24, 2.45) is 28.6 Å². The molecule has 1 aromatic carbocycles. The van der Waals surface area contributed by atoms with Crippen molar-refractivity contribution in [1.82, 2.24) is 0 Å². The highest BCUT2D eigenvalue weighted by atomic mass is 35.5. The number of nitrogens with zero attached hydrogens (tertiary/aromatic N) is 1. The maximum absolute atomic E-state index is 17.4. The van der Waals surface area contributed by atoms with E-state index in [1.807, 2.05) is 6.92 Å². The number of hydrogen-bond acceptors (Lipinski definition) is 6. The minimum atomic E-state index is -2.21. The van der Waals surface area contributed by atoms with Crippen LogP contribution in [0.5, 0.6) is 0 Å². The van der Waals surface area contributed by atoms with Crippen molar-refractivity contribution in [1.29, 1.82) is 0 Å². The van der Waals surface area contributed by atoms with E-state index in [2.05, 4.69) is 0 Å². The van der Waals surface area contributed by atoms with Gasteiger partial charge in [-0.15, -0.1) is 0 Å². The Morgan fingerprint density at radius 1 is 1.22 bits per heavy atom. The summed E-state index contributed by atoms with van der Waals surface area (Å²) < 4.78 is 38.3. The lowest BCUT2D eigenvalue weighted by molar-refractivity contribution is -0.234. The van der Waals surface area contributed by atoms with Gasteiger partial charge in [0, 0.05) is 27.7 Å². The standard InChI is InChI=1S/C28H30ClF2NO5/c1-25-9-8-18(33)11-21(25)22(30)12-20-19-10-15-14-32(17-6-4-16(29)5-7-17)37-28(15,24(35)36-3)26(19,2)13-23(34)27(20,25)31/h4-9,11,15,19-20,22-23,34H,10,12-14H2,1-3H3/t15-,19-,20-,22-,23-,25-,26-,27-,28-/m0/s1. The van der Waals surface area contributed by atoms with Crippen molar-refractivity contribution >= 4 is 29.0 Å². The fraction of sp³-hybridized carbons (Fsp3) is 0.571. The number of aliphatic hydroxyl groups excluding tert-OH is 1. The molecular formula is C28H30ClF2NO5. The number of fused-ring (bicyclic) bond motifs is 7. The lowest BCUT2D eigenvalue weighted by Gasteiger charge is -2.63. The summed E-state index contributed by atoms with van der Waals surface area (Å²) in [5, 5.41) is 13.8.